The van der Waals surface area contributed by atoms with Crippen LogP contribution in [0.4, 0.5) is 0 Å². The number of hydrogen-bond donors (Lipinski definition) is 1. The number of ether oxygens (including phenoxy) is 2. The Kier molecular flexibility index (Phi) is 6.26. The third-order valence-corrected chi connectivity index (χ3v) is 5.58. The van der Waals surface area contributed by atoms with Crippen molar-refractivity contribution >= 4 is 5.91 Å². The molecule has 0 unspecified atom stereocenters. The fourth-order valence-electron chi connectivity index (χ4n) is 3.90. The molecule has 31 heavy (non-hydrogen) atoms. The van der Waals surface area contributed by atoms with Gasteiger partial charge in [0.05, 0.1) is 6.04 Å². The van der Waals surface area contributed by atoms with E-state index in [1.165, 1.54) is 0 Å². The molecule has 0 bridgehead atoms. The van der Waals surface area contributed by atoms with Gasteiger partial charge in [-0.25, -0.2) is 4.98 Å². The fraction of sp³-hybridized carbons (Fsp3) is 0.360. The van der Waals surface area contributed by atoms with Crippen LogP contribution in [0.1, 0.15) is 55.7 Å². The van der Waals surface area contributed by atoms with Gasteiger partial charge in [0.15, 0.2) is 11.5 Å². The van der Waals surface area contributed by atoms with Crippen molar-refractivity contribution in [2.45, 2.75) is 45.2 Å². The summed E-state index contributed by atoms with van der Waals surface area (Å²) in [6.07, 6.45) is 4.30. The molecule has 2 aromatic carbocycles. The highest BCUT2D eigenvalue weighted by molar-refractivity contribution is 5.80. The summed E-state index contributed by atoms with van der Waals surface area (Å²) in [6.45, 7) is 7.15. The van der Waals surface area contributed by atoms with Crippen LogP contribution in [0.25, 0.3) is 0 Å². The van der Waals surface area contributed by atoms with Crippen molar-refractivity contribution in [2.24, 2.45) is 0 Å². The SMILES string of the molecule is CC(C)c1nccn1[C@H](C)C(=O)N[C@@H](Cc1ccccc1)c1ccc2c(c1)OCCO2. The number of nitrogens with one attached hydrogen (secondary N) is 1. The van der Waals surface area contributed by atoms with E-state index in [2.05, 4.69) is 36.3 Å². The number of nitrogens with zero attached hydrogens (tertiary/aromatic N) is 2. The molecular weight excluding hydrogens is 390 g/mol. The van der Waals surface area contributed by atoms with Gasteiger partial charge in [0.1, 0.15) is 25.1 Å². The van der Waals surface area contributed by atoms with Gasteiger partial charge in [-0.1, -0.05) is 50.2 Å². The van der Waals surface area contributed by atoms with Crippen LogP contribution in [-0.2, 0) is 11.2 Å². The first-order chi connectivity index (χ1) is 15.0. The van der Waals surface area contributed by atoms with Gasteiger partial charge in [0.2, 0.25) is 5.91 Å². The Bertz CT molecular complexity index is 1030. The molecule has 1 aromatic heterocycles. The first-order valence-electron chi connectivity index (χ1n) is 10.8. The normalized spacial score (nSPS) is 14.8. The molecule has 0 radical (unpaired) electrons. The average molecular weight is 420 g/mol. The highest BCUT2D eigenvalue weighted by Crippen LogP contribution is 2.33. The zero-order valence-corrected chi connectivity index (χ0v) is 18.2. The summed E-state index contributed by atoms with van der Waals surface area (Å²) < 4.78 is 13.4. The fourth-order valence-corrected chi connectivity index (χ4v) is 3.90. The highest BCUT2D eigenvalue weighted by Gasteiger charge is 2.24. The Morgan fingerprint density at radius 1 is 1.06 bits per heavy atom. The monoisotopic (exact) mass is 419 g/mol. The number of aromatic nitrogens is 2. The number of carbonyl (C=O) groups excluding carboxylic acids is 1. The molecule has 2 heterocycles. The van der Waals surface area contributed by atoms with E-state index in [0.717, 1.165) is 28.5 Å². The molecule has 1 aliphatic heterocycles. The lowest BCUT2D eigenvalue weighted by Gasteiger charge is -2.25. The zero-order valence-electron chi connectivity index (χ0n) is 18.2. The van der Waals surface area contributed by atoms with E-state index in [-0.39, 0.29) is 23.9 Å². The number of amides is 1. The van der Waals surface area contributed by atoms with Crippen LogP contribution in [0.3, 0.4) is 0 Å². The number of imidazole rings is 1. The molecule has 2 atom stereocenters. The van der Waals surface area contributed by atoms with Crippen molar-refractivity contribution in [3.63, 3.8) is 0 Å². The summed E-state index contributed by atoms with van der Waals surface area (Å²) in [4.78, 5) is 17.7. The molecule has 4 rings (SSSR count). The minimum absolute atomic E-state index is 0.0456. The molecule has 0 spiro atoms. The van der Waals surface area contributed by atoms with Crippen LogP contribution in [-0.4, -0.2) is 28.7 Å². The van der Waals surface area contributed by atoms with Crippen LogP contribution >= 0.6 is 0 Å². The molecule has 162 valence electrons. The van der Waals surface area contributed by atoms with Gasteiger partial charge in [-0.3, -0.25) is 4.79 Å². The van der Waals surface area contributed by atoms with Gasteiger partial charge in [0, 0.05) is 18.3 Å². The topological polar surface area (TPSA) is 65.4 Å². The second kappa shape index (κ2) is 9.25. The van der Waals surface area contributed by atoms with Crippen molar-refractivity contribution in [2.75, 3.05) is 13.2 Å². The predicted molar refractivity (Wildman–Crippen MR) is 119 cm³/mol. The molecule has 3 aromatic rings. The maximum Gasteiger partial charge on any atom is 0.243 e. The van der Waals surface area contributed by atoms with Gasteiger partial charge in [-0.05, 0) is 36.6 Å². The van der Waals surface area contributed by atoms with Gasteiger partial charge < -0.3 is 19.4 Å². The predicted octanol–water partition coefficient (Wildman–Crippen LogP) is 4.44. The third-order valence-electron chi connectivity index (χ3n) is 5.58. The summed E-state index contributed by atoms with van der Waals surface area (Å²) in [7, 11) is 0. The largest absolute Gasteiger partial charge is 0.486 e. The lowest BCUT2D eigenvalue weighted by atomic mass is 9.98. The first-order valence-corrected chi connectivity index (χ1v) is 10.8. The van der Waals surface area contributed by atoms with E-state index in [1.807, 2.05) is 54.1 Å². The van der Waals surface area contributed by atoms with Gasteiger partial charge >= 0.3 is 0 Å². The Hall–Kier alpha value is -3.28. The molecule has 1 amide bonds. The second-order valence-corrected chi connectivity index (χ2v) is 8.18. The molecule has 1 N–H and O–H groups in total. The average Bonchev–Trinajstić information content (AvgIpc) is 3.29. The third kappa shape index (κ3) is 4.74. The van der Waals surface area contributed by atoms with Crippen molar-refractivity contribution < 1.29 is 14.3 Å². The lowest BCUT2D eigenvalue weighted by Crippen LogP contribution is -2.35. The van der Waals surface area contributed by atoms with E-state index < -0.39 is 0 Å². The number of hydrogen-bond acceptors (Lipinski definition) is 4. The van der Waals surface area contributed by atoms with Crippen molar-refractivity contribution in [3.8, 4) is 11.5 Å². The Labute approximate surface area is 183 Å². The van der Waals surface area contributed by atoms with Crippen LogP contribution in [0.2, 0.25) is 0 Å². The van der Waals surface area contributed by atoms with E-state index >= 15 is 0 Å². The molecule has 0 saturated heterocycles. The highest BCUT2D eigenvalue weighted by atomic mass is 16.6. The summed E-state index contributed by atoms with van der Waals surface area (Å²) in [6, 6.07) is 15.5. The maximum absolute atomic E-state index is 13.3. The number of benzene rings is 2. The van der Waals surface area contributed by atoms with Crippen LogP contribution < -0.4 is 14.8 Å². The molecule has 6 nitrogen and oxygen atoms in total. The van der Waals surface area contributed by atoms with E-state index in [9.17, 15) is 4.79 Å². The Morgan fingerprint density at radius 3 is 2.55 bits per heavy atom. The number of fused-ring (bicyclic) bond motifs is 1. The molecule has 1 aliphatic rings. The maximum atomic E-state index is 13.3. The van der Waals surface area contributed by atoms with E-state index in [4.69, 9.17) is 9.47 Å². The van der Waals surface area contributed by atoms with Gasteiger partial charge in [0.25, 0.3) is 0 Å². The van der Waals surface area contributed by atoms with Crippen LogP contribution in [0.5, 0.6) is 11.5 Å². The van der Waals surface area contributed by atoms with Crippen molar-refractivity contribution in [1.29, 1.82) is 0 Å². The van der Waals surface area contributed by atoms with Crippen molar-refractivity contribution in [1.82, 2.24) is 14.9 Å². The molecular formula is C25H29N3O3. The Balaban J connectivity index is 1.60. The van der Waals surface area contributed by atoms with Crippen molar-refractivity contribution in [3.05, 3.63) is 77.9 Å². The standard InChI is InChI=1S/C25H29N3O3/c1-17(2)24-26-11-12-28(24)18(3)25(29)27-21(15-19-7-5-4-6-8-19)20-9-10-22-23(16-20)31-14-13-30-22/h4-12,16-18,21H,13-15H2,1-3H3,(H,27,29)/t18-,21+/m1/s1. The molecule has 0 aliphatic carbocycles. The van der Waals surface area contributed by atoms with Crippen LogP contribution in [0.15, 0.2) is 60.9 Å². The van der Waals surface area contributed by atoms with Gasteiger partial charge in [-0.2, -0.15) is 0 Å². The lowest BCUT2D eigenvalue weighted by molar-refractivity contribution is -0.124. The number of carbonyl (C=O) groups is 1. The minimum Gasteiger partial charge on any atom is -0.486 e. The Morgan fingerprint density at radius 2 is 1.81 bits per heavy atom. The molecule has 6 heteroatoms. The summed E-state index contributed by atoms with van der Waals surface area (Å²) in [5.74, 6) is 2.56. The number of rotatable bonds is 7. The quantitative estimate of drug-likeness (QED) is 0.615. The smallest absolute Gasteiger partial charge is 0.243 e. The summed E-state index contributed by atoms with van der Waals surface area (Å²) in [5.41, 5.74) is 2.14. The second-order valence-electron chi connectivity index (χ2n) is 8.18. The summed E-state index contributed by atoms with van der Waals surface area (Å²) >= 11 is 0. The van der Waals surface area contributed by atoms with Crippen LogP contribution in [0, 0.1) is 0 Å². The molecule has 0 fully saturated rings. The van der Waals surface area contributed by atoms with E-state index in [0.29, 0.717) is 19.6 Å². The molecule has 0 saturated carbocycles. The van der Waals surface area contributed by atoms with Gasteiger partial charge in [-0.15, -0.1) is 0 Å². The summed E-state index contributed by atoms with van der Waals surface area (Å²) in [5, 5.41) is 3.26. The first kappa shape index (κ1) is 21.0. The minimum atomic E-state index is -0.365. The van der Waals surface area contributed by atoms with E-state index in [1.54, 1.807) is 6.20 Å². The zero-order chi connectivity index (χ0) is 21.8.